The van der Waals surface area contributed by atoms with Crippen molar-refractivity contribution in [1.82, 2.24) is 19.9 Å². The van der Waals surface area contributed by atoms with Crippen molar-refractivity contribution in [3.63, 3.8) is 0 Å². The molecule has 1 N–H and O–H groups in total. The first-order valence-corrected chi connectivity index (χ1v) is 14.6. The van der Waals surface area contributed by atoms with Crippen LogP contribution >= 0.6 is 0 Å². The molecule has 0 saturated carbocycles. The van der Waals surface area contributed by atoms with E-state index in [0.29, 0.717) is 65.6 Å². The summed E-state index contributed by atoms with van der Waals surface area (Å²) in [6, 6.07) is 10.6. The van der Waals surface area contributed by atoms with Gasteiger partial charge in [0.2, 0.25) is 0 Å². The maximum absolute atomic E-state index is 16.6. The number of fused-ring (bicyclic) bond motifs is 3. The molecule has 3 fully saturated rings. The summed E-state index contributed by atoms with van der Waals surface area (Å²) in [5.41, 5.74) is 0.495. The zero-order chi connectivity index (χ0) is 29.7. The highest BCUT2D eigenvalue weighted by Gasteiger charge is 2.49. The number of rotatable bonds is 6. The number of anilines is 1. The minimum Gasteiger partial charge on any atom is -0.508 e. The number of benzene rings is 2. The summed E-state index contributed by atoms with van der Waals surface area (Å²) in [5.74, 6) is 2.57. The SMILES string of the molecule is C#Cc1cccc2cc(O)cc(-c3ncc4c(N5CC[C@@H](CC#N)C5)nc(OC[C@@]56CCCN5C[C@H](F)C6)nc4c3F)c12. The van der Waals surface area contributed by atoms with Gasteiger partial charge in [-0.1, -0.05) is 18.1 Å². The maximum Gasteiger partial charge on any atom is 0.319 e. The van der Waals surface area contributed by atoms with E-state index >= 15 is 4.39 Å². The molecule has 3 aliphatic heterocycles. The third kappa shape index (κ3) is 4.67. The topological polar surface area (TPSA) is 98.4 Å². The van der Waals surface area contributed by atoms with Crippen LogP contribution < -0.4 is 9.64 Å². The van der Waals surface area contributed by atoms with Crippen molar-refractivity contribution in [2.45, 2.75) is 43.8 Å². The molecule has 43 heavy (non-hydrogen) atoms. The van der Waals surface area contributed by atoms with Gasteiger partial charge in [0.25, 0.3) is 0 Å². The first-order valence-electron chi connectivity index (χ1n) is 14.6. The van der Waals surface area contributed by atoms with Gasteiger partial charge in [0.05, 0.1) is 17.0 Å². The van der Waals surface area contributed by atoms with E-state index in [1.54, 1.807) is 30.5 Å². The number of nitrogens with zero attached hydrogens (tertiary/aromatic N) is 6. The lowest BCUT2D eigenvalue weighted by molar-refractivity contribution is 0.107. The van der Waals surface area contributed by atoms with Crippen LogP contribution in [0.5, 0.6) is 11.8 Å². The number of hydrogen-bond donors (Lipinski definition) is 1. The highest BCUT2D eigenvalue weighted by Crippen LogP contribution is 2.42. The Morgan fingerprint density at radius 2 is 2.09 bits per heavy atom. The average Bonchev–Trinajstić information content (AvgIpc) is 3.70. The molecule has 4 aromatic rings. The summed E-state index contributed by atoms with van der Waals surface area (Å²) in [6.07, 6.45) is 9.83. The molecule has 5 heterocycles. The Balaban J connectivity index is 1.36. The largest absolute Gasteiger partial charge is 0.508 e. The first-order chi connectivity index (χ1) is 20.9. The van der Waals surface area contributed by atoms with Crippen LogP contribution in [0.15, 0.2) is 36.5 Å². The Kier molecular flexibility index (Phi) is 6.75. The van der Waals surface area contributed by atoms with Crippen LogP contribution in [-0.4, -0.2) is 69.5 Å². The van der Waals surface area contributed by atoms with Gasteiger partial charge in [0.1, 0.15) is 35.6 Å². The van der Waals surface area contributed by atoms with E-state index < -0.39 is 17.5 Å². The standard InChI is InChI=1S/C33H30F2N6O2/c1-2-21-5-3-6-22-13-24(42)14-25(27(21)22)29-28(35)30-26(16-37-29)31(40-12-8-20(17-40)7-10-36)39-32(38-30)43-19-33-9-4-11-41(33)18-23(34)15-33/h1,3,5-6,13-14,16,20,23,42H,4,7-9,11-12,15,17-19H2/t20-,23-,33+/m1/s1. The molecule has 2 aromatic heterocycles. The van der Waals surface area contributed by atoms with Crippen LogP contribution in [-0.2, 0) is 0 Å². The van der Waals surface area contributed by atoms with Gasteiger partial charge < -0.3 is 14.7 Å². The summed E-state index contributed by atoms with van der Waals surface area (Å²) < 4.78 is 37.2. The van der Waals surface area contributed by atoms with Crippen LogP contribution in [0, 0.1) is 35.4 Å². The summed E-state index contributed by atoms with van der Waals surface area (Å²) in [4.78, 5) is 18.0. The van der Waals surface area contributed by atoms with Crippen LogP contribution in [0.3, 0.4) is 0 Å². The molecule has 0 amide bonds. The second-order valence-electron chi connectivity index (χ2n) is 11.9. The zero-order valence-corrected chi connectivity index (χ0v) is 23.6. The molecule has 0 bridgehead atoms. The lowest BCUT2D eigenvalue weighted by atomic mass is 9.95. The highest BCUT2D eigenvalue weighted by molar-refractivity contribution is 6.02. The number of nitriles is 1. The van der Waals surface area contributed by atoms with Crippen LogP contribution in [0.2, 0.25) is 0 Å². The van der Waals surface area contributed by atoms with Crippen LogP contribution in [0.1, 0.15) is 37.7 Å². The Morgan fingerprint density at radius 3 is 2.93 bits per heavy atom. The predicted octanol–water partition coefficient (Wildman–Crippen LogP) is 5.37. The number of halogens is 2. The Bertz CT molecular complexity index is 1830. The summed E-state index contributed by atoms with van der Waals surface area (Å²) >= 11 is 0. The fourth-order valence-corrected chi connectivity index (χ4v) is 7.20. The second kappa shape index (κ2) is 10.6. The molecule has 218 valence electrons. The van der Waals surface area contributed by atoms with E-state index in [9.17, 15) is 14.8 Å². The quantitative estimate of drug-likeness (QED) is 0.304. The van der Waals surface area contributed by atoms with E-state index in [4.69, 9.17) is 16.1 Å². The van der Waals surface area contributed by atoms with E-state index in [0.717, 1.165) is 25.8 Å². The molecule has 3 saturated heterocycles. The van der Waals surface area contributed by atoms with Gasteiger partial charge in [0.15, 0.2) is 5.82 Å². The first kappa shape index (κ1) is 27.3. The monoisotopic (exact) mass is 580 g/mol. The van der Waals surface area contributed by atoms with E-state index in [1.807, 2.05) is 4.90 Å². The van der Waals surface area contributed by atoms with Gasteiger partial charge in [0, 0.05) is 55.2 Å². The zero-order valence-electron chi connectivity index (χ0n) is 23.6. The smallest absolute Gasteiger partial charge is 0.319 e. The third-order valence-electron chi connectivity index (χ3n) is 9.21. The molecule has 8 nitrogen and oxygen atoms in total. The van der Waals surface area contributed by atoms with E-state index in [1.165, 1.54) is 6.07 Å². The van der Waals surface area contributed by atoms with Crippen molar-refractivity contribution in [1.29, 1.82) is 5.26 Å². The fourth-order valence-electron chi connectivity index (χ4n) is 7.20. The Hall–Kier alpha value is -4.54. The fraction of sp³-hybridized carbons (Fsp3) is 0.394. The van der Waals surface area contributed by atoms with Gasteiger partial charge in [-0.15, -0.1) is 6.42 Å². The molecule has 7 rings (SSSR count). The van der Waals surface area contributed by atoms with Gasteiger partial charge >= 0.3 is 6.01 Å². The van der Waals surface area contributed by atoms with Crippen molar-refractivity contribution >= 4 is 27.5 Å². The van der Waals surface area contributed by atoms with Crippen molar-refractivity contribution in [3.05, 3.63) is 47.9 Å². The minimum absolute atomic E-state index is 0.00731. The molecular weight excluding hydrogens is 550 g/mol. The second-order valence-corrected chi connectivity index (χ2v) is 11.9. The summed E-state index contributed by atoms with van der Waals surface area (Å²) in [6.45, 7) is 2.65. The number of terminal acetylenes is 1. The van der Waals surface area contributed by atoms with Crippen molar-refractivity contribution in [3.8, 4) is 41.4 Å². The number of pyridine rings is 1. The number of phenolic OH excluding ortho intramolecular Hbond substituents is 1. The molecular formula is C33H30F2N6O2. The van der Waals surface area contributed by atoms with Gasteiger partial charge in [-0.05, 0) is 55.3 Å². The van der Waals surface area contributed by atoms with Gasteiger partial charge in [-0.2, -0.15) is 15.2 Å². The molecule has 10 heteroatoms. The normalized spacial score (nSPS) is 23.5. The molecule has 0 aliphatic carbocycles. The van der Waals surface area contributed by atoms with Crippen molar-refractivity contribution < 1.29 is 18.6 Å². The van der Waals surface area contributed by atoms with Crippen LogP contribution in [0.4, 0.5) is 14.6 Å². The van der Waals surface area contributed by atoms with Crippen LogP contribution in [0.25, 0.3) is 32.9 Å². The van der Waals surface area contributed by atoms with E-state index in [-0.39, 0.29) is 35.5 Å². The number of aromatic hydroxyl groups is 1. The summed E-state index contributed by atoms with van der Waals surface area (Å²) in [5, 5.41) is 21.4. The molecule has 3 aliphatic rings. The molecule has 0 unspecified atom stereocenters. The summed E-state index contributed by atoms with van der Waals surface area (Å²) in [7, 11) is 0. The molecule has 3 atom stereocenters. The number of ether oxygens (including phenoxy) is 1. The lowest BCUT2D eigenvalue weighted by Crippen LogP contribution is -2.43. The molecule has 2 aromatic carbocycles. The lowest BCUT2D eigenvalue weighted by Gasteiger charge is -2.31. The maximum atomic E-state index is 16.6. The van der Waals surface area contributed by atoms with E-state index in [2.05, 4.69) is 26.9 Å². The Labute approximate surface area is 247 Å². The number of alkyl halides is 1. The number of hydrogen-bond acceptors (Lipinski definition) is 8. The number of aromatic nitrogens is 3. The number of phenols is 1. The average molecular weight is 581 g/mol. The predicted molar refractivity (Wildman–Crippen MR) is 159 cm³/mol. The minimum atomic E-state index is -0.908. The molecule has 0 spiro atoms. The van der Waals surface area contributed by atoms with Gasteiger partial charge in [-0.25, -0.2) is 8.78 Å². The molecule has 0 radical (unpaired) electrons. The van der Waals surface area contributed by atoms with Crippen molar-refractivity contribution in [2.75, 3.05) is 37.7 Å². The third-order valence-corrected chi connectivity index (χ3v) is 9.21. The highest BCUT2D eigenvalue weighted by atomic mass is 19.1. The van der Waals surface area contributed by atoms with Crippen molar-refractivity contribution in [2.24, 2.45) is 5.92 Å². The Morgan fingerprint density at radius 1 is 1.21 bits per heavy atom. The van der Waals surface area contributed by atoms with Gasteiger partial charge in [-0.3, -0.25) is 9.88 Å².